The summed E-state index contributed by atoms with van der Waals surface area (Å²) in [6.45, 7) is 11.5. The molecule has 3 aromatic rings. The lowest BCUT2D eigenvalue weighted by Gasteiger charge is -2.32. The third kappa shape index (κ3) is 6.69. The first-order chi connectivity index (χ1) is 17.3. The Bertz CT molecular complexity index is 1330. The first kappa shape index (κ1) is 25.4. The second kappa shape index (κ2) is 11.3. The van der Waals surface area contributed by atoms with E-state index in [9.17, 15) is 0 Å². The van der Waals surface area contributed by atoms with Crippen molar-refractivity contribution >= 4 is 11.0 Å². The van der Waals surface area contributed by atoms with Gasteiger partial charge in [0.05, 0.1) is 22.6 Å². The van der Waals surface area contributed by atoms with Crippen molar-refractivity contribution in [2.24, 2.45) is 11.5 Å². The lowest BCUT2D eigenvalue weighted by atomic mass is 10.0. The highest BCUT2D eigenvalue weighted by molar-refractivity contribution is 5.80. The van der Waals surface area contributed by atoms with E-state index in [4.69, 9.17) is 16.5 Å². The largest absolute Gasteiger partial charge is 0.392 e. The highest BCUT2D eigenvalue weighted by atomic mass is 15.2. The van der Waals surface area contributed by atoms with E-state index in [2.05, 4.69) is 75.4 Å². The van der Waals surface area contributed by atoms with Crippen LogP contribution < -0.4 is 16.8 Å². The van der Waals surface area contributed by atoms with Gasteiger partial charge in [0.15, 0.2) is 0 Å². The minimum atomic E-state index is 0.258. The molecule has 1 aliphatic rings. The van der Waals surface area contributed by atoms with Gasteiger partial charge in [-0.1, -0.05) is 24.1 Å². The summed E-state index contributed by atoms with van der Waals surface area (Å²) < 4.78 is 0. The molecule has 2 aromatic carbocycles. The van der Waals surface area contributed by atoms with Crippen LogP contribution in [0, 0.1) is 18.8 Å². The summed E-state index contributed by atoms with van der Waals surface area (Å²) in [5.41, 5.74) is 18.8. The molecule has 0 radical (unpaired) electrons. The molecule has 1 fully saturated rings. The van der Waals surface area contributed by atoms with Gasteiger partial charge in [-0.25, -0.2) is 4.98 Å². The average Bonchev–Trinajstić information content (AvgIpc) is 3.27. The summed E-state index contributed by atoms with van der Waals surface area (Å²) in [7, 11) is 2.18. The number of fused-ring (bicyclic) bond motifs is 1. The van der Waals surface area contributed by atoms with Gasteiger partial charge in [-0.05, 0) is 75.2 Å². The summed E-state index contributed by atoms with van der Waals surface area (Å²) in [5, 5.41) is 3.12. The second-order valence-electron chi connectivity index (χ2n) is 9.84. The number of piperazine rings is 1. The molecule has 4 rings (SSSR count). The van der Waals surface area contributed by atoms with E-state index in [0.29, 0.717) is 11.5 Å². The number of rotatable bonds is 6. The number of nitrogens with one attached hydrogen (secondary N) is 2. The number of aromatic amines is 1. The number of aryl methyl sites for hydroxylation is 1. The Labute approximate surface area is 214 Å². The number of hydrogen-bond acceptors (Lipinski definition) is 6. The van der Waals surface area contributed by atoms with Gasteiger partial charge >= 0.3 is 0 Å². The van der Waals surface area contributed by atoms with E-state index in [1.165, 1.54) is 5.56 Å². The number of nitrogens with zero attached hydrogens (tertiary/aromatic N) is 3. The van der Waals surface area contributed by atoms with Crippen molar-refractivity contribution in [2.75, 3.05) is 33.2 Å². The molecule has 0 aliphatic carbocycles. The SMILES string of the molecule is Cc1ccc(-c2nc3ccc(CN4CCN(C)CC4)cc3[nH]2)cc1C#C/C(N)=C/C=C(\N)NC(C)C. The van der Waals surface area contributed by atoms with Crippen LogP contribution in [0.5, 0.6) is 0 Å². The van der Waals surface area contributed by atoms with E-state index >= 15 is 0 Å². The standard InChI is InChI=1S/C29H37N7/c1-20(2)32-28(31)12-10-25(30)9-8-23-18-24(7-5-21(23)3)29-33-26-11-6-22(17-27(26)34-29)19-36-15-13-35(4)14-16-36/h5-7,10-12,17-18,20,32H,13-16,19,30-31H2,1-4H3,(H,33,34)/b25-10-,28-12+. The van der Waals surface area contributed by atoms with E-state index < -0.39 is 0 Å². The minimum Gasteiger partial charge on any atom is -0.392 e. The van der Waals surface area contributed by atoms with Crippen LogP contribution in [0.2, 0.25) is 0 Å². The zero-order valence-electron chi connectivity index (χ0n) is 21.7. The number of likely N-dealkylation sites (N-methyl/N-ethyl adjacent to an activating group) is 1. The van der Waals surface area contributed by atoms with Crippen LogP contribution in [-0.2, 0) is 6.54 Å². The van der Waals surface area contributed by atoms with Crippen molar-refractivity contribution < 1.29 is 0 Å². The summed E-state index contributed by atoms with van der Waals surface area (Å²) in [5.74, 6) is 7.62. The van der Waals surface area contributed by atoms with Crippen LogP contribution in [0.25, 0.3) is 22.4 Å². The zero-order chi connectivity index (χ0) is 25.7. The molecule has 0 saturated carbocycles. The second-order valence-corrected chi connectivity index (χ2v) is 9.84. The molecule has 1 aliphatic heterocycles. The van der Waals surface area contributed by atoms with Crippen LogP contribution in [0.1, 0.15) is 30.5 Å². The number of hydrogen-bond donors (Lipinski definition) is 4. The van der Waals surface area contributed by atoms with Gasteiger partial charge in [0.1, 0.15) is 5.82 Å². The molecule has 7 nitrogen and oxygen atoms in total. The van der Waals surface area contributed by atoms with Crippen molar-refractivity contribution in [3.8, 4) is 23.2 Å². The molecular weight excluding hydrogens is 446 g/mol. The van der Waals surface area contributed by atoms with Crippen molar-refractivity contribution in [2.45, 2.75) is 33.4 Å². The molecule has 1 saturated heterocycles. The highest BCUT2D eigenvalue weighted by Crippen LogP contribution is 2.24. The third-order valence-electron chi connectivity index (χ3n) is 6.30. The summed E-state index contributed by atoms with van der Waals surface area (Å²) in [6, 6.07) is 13.0. The Morgan fingerprint density at radius 1 is 1.11 bits per heavy atom. The van der Waals surface area contributed by atoms with Gasteiger partial charge < -0.3 is 26.7 Å². The maximum absolute atomic E-state index is 6.07. The Morgan fingerprint density at radius 2 is 1.89 bits per heavy atom. The zero-order valence-corrected chi connectivity index (χ0v) is 21.7. The number of nitrogens with two attached hydrogens (primary N) is 2. The fourth-order valence-electron chi connectivity index (χ4n) is 4.20. The predicted octanol–water partition coefficient (Wildman–Crippen LogP) is 3.28. The fourth-order valence-corrected chi connectivity index (χ4v) is 4.20. The molecule has 0 spiro atoms. The Morgan fingerprint density at radius 3 is 2.64 bits per heavy atom. The number of imidazole rings is 1. The first-order valence-corrected chi connectivity index (χ1v) is 12.5. The van der Waals surface area contributed by atoms with E-state index in [0.717, 1.165) is 66.3 Å². The molecule has 188 valence electrons. The molecule has 7 heteroatoms. The summed E-state index contributed by atoms with van der Waals surface area (Å²) in [4.78, 5) is 13.2. The van der Waals surface area contributed by atoms with Crippen LogP contribution in [0.3, 0.4) is 0 Å². The monoisotopic (exact) mass is 483 g/mol. The smallest absolute Gasteiger partial charge is 0.138 e. The highest BCUT2D eigenvalue weighted by Gasteiger charge is 2.14. The van der Waals surface area contributed by atoms with E-state index in [-0.39, 0.29) is 6.04 Å². The normalized spacial score (nSPS) is 15.8. The minimum absolute atomic E-state index is 0.258. The van der Waals surface area contributed by atoms with Crippen molar-refractivity contribution in [1.29, 1.82) is 0 Å². The number of H-pyrrole nitrogens is 1. The number of allylic oxidation sites excluding steroid dienone is 3. The van der Waals surface area contributed by atoms with Gasteiger partial charge in [0.25, 0.3) is 0 Å². The van der Waals surface area contributed by atoms with Crippen LogP contribution in [0.15, 0.2) is 60.1 Å². The Balaban J connectivity index is 1.51. The Kier molecular flexibility index (Phi) is 7.99. The fraction of sp³-hybridized carbons (Fsp3) is 0.345. The molecule has 6 N–H and O–H groups in total. The van der Waals surface area contributed by atoms with Gasteiger partial charge in [-0.3, -0.25) is 4.90 Å². The lowest BCUT2D eigenvalue weighted by molar-refractivity contribution is 0.148. The van der Waals surface area contributed by atoms with Gasteiger partial charge in [0, 0.05) is 49.9 Å². The summed E-state index contributed by atoms with van der Waals surface area (Å²) in [6.07, 6.45) is 3.45. The maximum atomic E-state index is 6.07. The lowest BCUT2D eigenvalue weighted by Crippen LogP contribution is -2.43. The topological polar surface area (TPSA) is 99.2 Å². The molecule has 0 bridgehead atoms. The van der Waals surface area contributed by atoms with E-state index in [1.807, 2.05) is 20.8 Å². The van der Waals surface area contributed by atoms with Crippen molar-refractivity contribution in [1.82, 2.24) is 25.1 Å². The third-order valence-corrected chi connectivity index (χ3v) is 6.30. The van der Waals surface area contributed by atoms with Crippen LogP contribution >= 0.6 is 0 Å². The molecule has 2 heterocycles. The molecule has 36 heavy (non-hydrogen) atoms. The van der Waals surface area contributed by atoms with Gasteiger partial charge in [0.2, 0.25) is 0 Å². The quantitative estimate of drug-likeness (QED) is 0.317. The van der Waals surface area contributed by atoms with Crippen molar-refractivity contribution in [3.63, 3.8) is 0 Å². The van der Waals surface area contributed by atoms with Crippen molar-refractivity contribution in [3.05, 3.63) is 76.8 Å². The van der Waals surface area contributed by atoms with E-state index in [1.54, 1.807) is 12.2 Å². The number of benzene rings is 2. The molecular formula is C29H37N7. The summed E-state index contributed by atoms with van der Waals surface area (Å²) >= 11 is 0. The van der Waals surface area contributed by atoms with Gasteiger partial charge in [-0.15, -0.1) is 0 Å². The molecule has 0 atom stereocenters. The number of aromatic nitrogens is 2. The molecule has 0 amide bonds. The van der Waals surface area contributed by atoms with Crippen LogP contribution in [0.4, 0.5) is 0 Å². The van der Waals surface area contributed by atoms with Crippen LogP contribution in [-0.4, -0.2) is 59.0 Å². The van der Waals surface area contributed by atoms with Gasteiger partial charge in [-0.2, -0.15) is 0 Å². The molecule has 0 unspecified atom stereocenters. The average molecular weight is 484 g/mol. The maximum Gasteiger partial charge on any atom is 0.138 e. The Hall–Kier alpha value is -3.73. The first-order valence-electron chi connectivity index (χ1n) is 12.5. The predicted molar refractivity (Wildman–Crippen MR) is 149 cm³/mol. The molecule has 1 aromatic heterocycles.